The van der Waals surface area contributed by atoms with Gasteiger partial charge in [0, 0.05) is 5.69 Å². The van der Waals surface area contributed by atoms with Gasteiger partial charge in [0.15, 0.2) is 0 Å². The fourth-order valence-corrected chi connectivity index (χ4v) is 1.09. The first-order valence-electron chi connectivity index (χ1n) is 4.80. The number of ether oxygens (including phenoxy) is 1. The monoisotopic (exact) mass is 209 g/mol. The highest BCUT2D eigenvalue weighted by Crippen LogP contribution is 2.15. The average Bonchev–Trinajstić information content (AvgIpc) is 2.29. The number of amides is 1. The highest BCUT2D eigenvalue weighted by molar-refractivity contribution is 5.93. The molecule has 0 aliphatic rings. The van der Waals surface area contributed by atoms with Gasteiger partial charge in [0.25, 0.3) is 5.91 Å². The van der Waals surface area contributed by atoms with E-state index < -0.39 is 6.10 Å². The van der Waals surface area contributed by atoms with Crippen molar-refractivity contribution in [2.24, 2.45) is 0 Å². The van der Waals surface area contributed by atoms with Crippen LogP contribution < -0.4 is 10.1 Å². The lowest BCUT2D eigenvalue weighted by molar-refractivity contribution is -0.124. The number of carbonyl (C=O) groups is 1. The second kappa shape index (κ2) is 5.36. The van der Waals surface area contributed by atoms with E-state index in [1.54, 1.807) is 38.3 Å². The molecule has 0 spiro atoms. The number of methoxy groups -OCH3 is 1. The van der Waals surface area contributed by atoms with Crippen LogP contribution in [0.3, 0.4) is 0 Å². The summed E-state index contributed by atoms with van der Waals surface area (Å²) >= 11 is 0. The predicted molar refractivity (Wildman–Crippen MR) is 57.9 cm³/mol. The summed E-state index contributed by atoms with van der Waals surface area (Å²) in [6.07, 6.45) is -0.547. The van der Waals surface area contributed by atoms with E-state index in [1.807, 2.05) is 0 Å². The van der Waals surface area contributed by atoms with Crippen LogP contribution in [0.2, 0.25) is 0 Å². The van der Waals surface area contributed by atoms with E-state index in [0.717, 1.165) is 5.75 Å². The van der Waals surface area contributed by atoms with Crippen molar-refractivity contribution >= 4 is 11.6 Å². The molecule has 1 atom stereocenters. The summed E-state index contributed by atoms with van der Waals surface area (Å²) in [6.45, 7) is 1.75. The third-order valence-corrected chi connectivity index (χ3v) is 2.05. The minimum absolute atomic E-state index is 0.386. The maximum Gasteiger partial charge on any atom is 0.253 e. The lowest BCUT2D eigenvalue weighted by atomic mass is 10.2. The summed E-state index contributed by atoms with van der Waals surface area (Å²) in [5.74, 6) is 0.340. The van der Waals surface area contributed by atoms with Crippen LogP contribution in [-0.4, -0.2) is 24.2 Å². The molecule has 0 saturated heterocycles. The van der Waals surface area contributed by atoms with Gasteiger partial charge in [-0.15, -0.1) is 0 Å². The van der Waals surface area contributed by atoms with Crippen LogP contribution in [0.5, 0.6) is 5.75 Å². The van der Waals surface area contributed by atoms with E-state index >= 15 is 0 Å². The molecule has 0 aliphatic heterocycles. The smallest absolute Gasteiger partial charge is 0.253 e. The van der Waals surface area contributed by atoms with Gasteiger partial charge in [0.05, 0.1) is 7.11 Å². The Labute approximate surface area is 88.9 Å². The van der Waals surface area contributed by atoms with Crippen molar-refractivity contribution in [3.8, 4) is 5.75 Å². The van der Waals surface area contributed by atoms with E-state index in [2.05, 4.69) is 5.32 Å². The molecule has 1 rings (SSSR count). The maximum atomic E-state index is 11.3. The Bertz CT molecular complexity index is 321. The molecule has 4 heteroatoms. The van der Waals surface area contributed by atoms with Crippen molar-refractivity contribution in [3.63, 3.8) is 0 Å². The fourth-order valence-electron chi connectivity index (χ4n) is 1.09. The normalized spacial score (nSPS) is 11.9. The van der Waals surface area contributed by atoms with E-state index in [1.165, 1.54) is 0 Å². The van der Waals surface area contributed by atoms with Gasteiger partial charge < -0.3 is 15.2 Å². The SMILES string of the molecule is CCC(O)C(=O)Nc1ccc(OC)cc1. The lowest BCUT2D eigenvalue weighted by Crippen LogP contribution is -2.26. The third kappa shape index (κ3) is 3.25. The molecule has 0 bridgehead atoms. The molecule has 0 radical (unpaired) electrons. The summed E-state index contributed by atoms with van der Waals surface area (Å²) in [5.41, 5.74) is 0.647. The maximum absolute atomic E-state index is 11.3. The molecule has 2 N–H and O–H groups in total. The van der Waals surface area contributed by atoms with Crippen molar-refractivity contribution in [2.75, 3.05) is 12.4 Å². The van der Waals surface area contributed by atoms with Crippen LogP contribution in [0.15, 0.2) is 24.3 Å². The first kappa shape index (κ1) is 11.5. The number of rotatable bonds is 4. The zero-order chi connectivity index (χ0) is 11.3. The van der Waals surface area contributed by atoms with Gasteiger partial charge in [-0.3, -0.25) is 4.79 Å². The van der Waals surface area contributed by atoms with Crippen molar-refractivity contribution in [1.29, 1.82) is 0 Å². The Morgan fingerprint density at radius 1 is 1.47 bits per heavy atom. The van der Waals surface area contributed by atoms with Crippen molar-refractivity contribution in [1.82, 2.24) is 0 Å². The van der Waals surface area contributed by atoms with Crippen molar-refractivity contribution in [2.45, 2.75) is 19.4 Å². The Morgan fingerprint density at radius 2 is 2.07 bits per heavy atom. The molecule has 0 aromatic heterocycles. The van der Waals surface area contributed by atoms with Gasteiger partial charge in [-0.2, -0.15) is 0 Å². The Kier molecular flexibility index (Phi) is 4.12. The number of nitrogens with one attached hydrogen (secondary N) is 1. The van der Waals surface area contributed by atoms with Crippen LogP contribution in [-0.2, 0) is 4.79 Å². The molecule has 1 unspecified atom stereocenters. The minimum Gasteiger partial charge on any atom is -0.497 e. The van der Waals surface area contributed by atoms with Crippen LogP contribution in [0.4, 0.5) is 5.69 Å². The molecule has 0 heterocycles. The molecular formula is C11H15NO3. The predicted octanol–water partition coefficient (Wildman–Crippen LogP) is 1.40. The zero-order valence-electron chi connectivity index (χ0n) is 8.86. The summed E-state index contributed by atoms with van der Waals surface area (Å²) < 4.78 is 4.98. The van der Waals surface area contributed by atoms with Gasteiger partial charge in [0.2, 0.25) is 0 Å². The number of aliphatic hydroxyl groups excluding tert-OH is 1. The van der Waals surface area contributed by atoms with Crippen LogP contribution >= 0.6 is 0 Å². The van der Waals surface area contributed by atoms with Gasteiger partial charge in [0.1, 0.15) is 11.9 Å². The van der Waals surface area contributed by atoms with Crippen molar-refractivity contribution in [3.05, 3.63) is 24.3 Å². The highest BCUT2D eigenvalue weighted by atomic mass is 16.5. The second-order valence-corrected chi connectivity index (χ2v) is 3.14. The molecular weight excluding hydrogens is 194 g/mol. The van der Waals surface area contributed by atoms with Gasteiger partial charge in [-0.05, 0) is 30.7 Å². The minimum atomic E-state index is -0.952. The molecule has 1 aromatic rings. The lowest BCUT2D eigenvalue weighted by Gasteiger charge is -2.09. The first-order chi connectivity index (χ1) is 7.17. The number of hydrogen-bond acceptors (Lipinski definition) is 3. The molecule has 0 saturated carbocycles. The number of aliphatic hydroxyl groups is 1. The van der Waals surface area contributed by atoms with Crippen LogP contribution in [0.25, 0.3) is 0 Å². The number of benzene rings is 1. The van der Waals surface area contributed by atoms with E-state index in [9.17, 15) is 9.90 Å². The van der Waals surface area contributed by atoms with Gasteiger partial charge >= 0.3 is 0 Å². The van der Waals surface area contributed by atoms with Crippen LogP contribution in [0, 0.1) is 0 Å². The number of hydrogen-bond donors (Lipinski definition) is 2. The third-order valence-electron chi connectivity index (χ3n) is 2.05. The Balaban J connectivity index is 2.61. The molecule has 4 nitrogen and oxygen atoms in total. The highest BCUT2D eigenvalue weighted by Gasteiger charge is 2.11. The molecule has 82 valence electrons. The summed E-state index contributed by atoms with van der Waals surface area (Å²) in [7, 11) is 1.58. The topological polar surface area (TPSA) is 58.6 Å². The van der Waals surface area contributed by atoms with E-state index in [4.69, 9.17) is 4.74 Å². The Morgan fingerprint density at radius 3 is 2.53 bits per heavy atom. The first-order valence-corrected chi connectivity index (χ1v) is 4.80. The number of carbonyl (C=O) groups excluding carboxylic acids is 1. The Hall–Kier alpha value is -1.55. The van der Waals surface area contributed by atoms with Crippen LogP contribution in [0.1, 0.15) is 13.3 Å². The van der Waals surface area contributed by atoms with E-state index in [-0.39, 0.29) is 5.91 Å². The molecule has 0 aliphatic carbocycles. The van der Waals surface area contributed by atoms with Crippen molar-refractivity contribution < 1.29 is 14.6 Å². The average molecular weight is 209 g/mol. The van der Waals surface area contributed by atoms with Gasteiger partial charge in [-0.1, -0.05) is 6.92 Å². The molecule has 0 fully saturated rings. The van der Waals surface area contributed by atoms with E-state index in [0.29, 0.717) is 12.1 Å². The molecule has 1 amide bonds. The fraction of sp³-hybridized carbons (Fsp3) is 0.364. The number of anilines is 1. The quantitative estimate of drug-likeness (QED) is 0.788. The summed E-state index contributed by atoms with van der Waals surface area (Å²) in [4.78, 5) is 11.3. The van der Waals surface area contributed by atoms with Gasteiger partial charge in [-0.25, -0.2) is 0 Å². The molecule has 15 heavy (non-hydrogen) atoms. The molecule has 1 aromatic carbocycles. The largest absolute Gasteiger partial charge is 0.497 e. The zero-order valence-corrected chi connectivity index (χ0v) is 8.86. The summed E-state index contributed by atoms with van der Waals surface area (Å²) in [5, 5.41) is 11.9. The standard InChI is InChI=1S/C11H15NO3/c1-3-10(13)11(14)12-8-4-6-9(15-2)7-5-8/h4-7,10,13H,3H2,1-2H3,(H,12,14). The second-order valence-electron chi connectivity index (χ2n) is 3.14. The summed E-state index contributed by atoms with van der Waals surface area (Å²) in [6, 6.07) is 6.93.